The molecular weight excluding hydrogens is 274 g/mol. The lowest BCUT2D eigenvalue weighted by Crippen LogP contribution is -2.23. The second-order valence-corrected chi connectivity index (χ2v) is 6.24. The molecule has 106 valence electrons. The lowest BCUT2D eigenvalue weighted by molar-refractivity contribution is 0.00696. The van der Waals surface area contributed by atoms with Gasteiger partial charge in [-0.15, -0.1) is 11.3 Å². The van der Waals surface area contributed by atoms with Gasteiger partial charge in [0.1, 0.15) is 10.6 Å². The molecule has 1 N–H and O–H groups in total. The van der Waals surface area contributed by atoms with Crippen molar-refractivity contribution in [1.29, 1.82) is 0 Å². The Morgan fingerprint density at radius 2 is 1.95 bits per heavy atom. The molecule has 0 unspecified atom stereocenters. The normalized spacial score (nSPS) is 11.4. The Labute approximate surface area is 122 Å². The first-order valence-electron chi connectivity index (χ1n) is 6.28. The first-order valence-corrected chi connectivity index (χ1v) is 7.16. The minimum absolute atomic E-state index is 0.0630. The highest BCUT2D eigenvalue weighted by molar-refractivity contribution is 7.13. The quantitative estimate of drug-likeness (QED) is 0.882. The number of aliphatic hydroxyl groups is 1. The molecule has 5 heteroatoms. The number of carbonyl (C=O) groups excluding carboxylic acids is 1. The summed E-state index contributed by atoms with van der Waals surface area (Å²) in [5.41, 5.74) is 1.59. The number of thiazole rings is 1. The largest absolute Gasteiger partial charge is 0.456 e. The second-order valence-electron chi connectivity index (χ2n) is 5.38. The predicted molar refractivity (Wildman–Crippen MR) is 78.6 cm³/mol. The molecule has 4 nitrogen and oxygen atoms in total. The molecule has 0 atom stereocenters. The summed E-state index contributed by atoms with van der Waals surface area (Å²) in [5.74, 6) is -0.334. The highest BCUT2D eigenvalue weighted by Crippen LogP contribution is 2.24. The molecular formula is C15H17NO3S. The molecule has 0 aliphatic rings. The number of esters is 1. The van der Waals surface area contributed by atoms with Crippen molar-refractivity contribution in [1.82, 2.24) is 4.98 Å². The Kier molecular flexibility index (Phi) is 4.20. The molecule has 1 aromatic heterocycles. The lowest BCUT2D eigenvalue weighted by atomic mass is 10.1. The number of rotatable bonds is 3. The number of hydrogen-bond donors (Lipinski definition) is 1. The standard InChI is InChI=1S/C15H17NO3S/c1-15(2,3)19-14(18)11-6-4-10(5-7-11)13-16-12(8-17)9-20-13/h4-7,9,17H,8H2,1-3H3. The van der Waals surface area contributed by atoms with Gasteiger partial charge in [0.05, 0.1) is 17.9 Å². The van der Waals surface area contributed by atoms with Crippen molar-refractivity contribution in [3.63, 3.8) is 0 Å². The average Bonchev–Trinajstić information content (AvgIpc) is 2.85. The van der Waals surface area contributed by atoms with E-state index in [1.807, 2.05) is 38.3 Å². The van der Waals surface area contributed by atoms with Gasteiger partial charge in [0.2, 0.25) is 0 Å². The van der Waals surface area contributed by atoms with Gasteiger partial charge in [0.25, 0.3) is 0 Å². The van der Waals surface area contributed by atoms with E-state index in [1.54, 1.807) is 12.1 Å². The van der Waals surface area contributed by atoms with Gasteiger partial charge in [-0.25, -0.2) is 9.78 Å². The van der Waals surface area contributed by atoms with Crippen LogP contribution < -0.4 is 0 Å². The zero-order valence-corrected chi connectivity index (χ0v) is 12.5. The van der Waals surface area contributed by atoms with Crippen LogP contribution in [0, 0.1) is 0 Å². The molecule has 0 saturated heterocycles. The van der Waals surface area contributed by atoms with Crippen LogP contribution in [0.2, 0.25) is 0 Å². The number of benzene rings is 1. The molecule has 0 saturated carbocycles. The third-order valence-corrected chi connectivity index (χ3v) is 3.42. The molecule has 2 rings (SSSR count). The average molecular weight is 291 g/mol. The van der Waals surface area contributed by atoms with Crippen molar-refractivity contribution >= 4 is 17.3 Å². The maximum atomic E-state index is 11.9. The van der Waals surface area contributed by atoms with Crippen LogP contribution in [0.5, 0.6) is 0 Å². The fourth-order valence-electron chi connectivity index (χ4n) is 1.60. The second kappa shape index (κ2) is 5.73. The Morgan fingerprint density at radius 3 is 2.45 bits per heavy atom. The summed E-state index contributed by atoms with van der Waals surface area (Å²) < 4.78 is 5.31. The van der Waals surface area contributed by atoms with Gasteiger partial charge in [-0.05, 0) is 32.9 Å². The van der Waals surface area contributed by atoms with E-state index in [-0.39, 0.29) is 12.6 Å². The summed E-state index contributed by atoms with van der Waals surface area (Å²) in [7, 11) is 0. The summed E-state index contributed by atoms with van der Waals surface area (Å²) in [5, 5.41) is 11.6. The van der Waals surface area contributed by atoms with Crippen molar-refractivity contribution in [3.8, 4) is 10.6 Å². The van der Waals surface area contributed by atoms with Crippen LogP contribution in [0.25, 0.3) is 10.6 Å². The van der Waals surface area contributed by atoms with Gasteiger partial charge in [0.15, 0.2) is 0 Å². The highest BCUT2D eigenvalue weighted by atomic mass is 32.1. The Hall–Kier alpha value is -1.72. The number of aromatic nitrogens is 1. The maximum Gasteiger partial charge on any atom is 0.338 e. The molecule has 0 radical (unpaired) electrons. The van der Waals surface area contributed by atoms with Gasteiger partial charge < -0.3 is 9.84 Å². The number of carbonyl (C=O) groups is 1. The van der Waals surface area contributed by atoms with E-state index in [0.29, 0.717) is 11.3 Å². The van der Waals surface area contributed by atoms with Gasteiger partial charge in [-0.1, -0.05) is 12.1 Å². The Balaban J connectivity index is 2.15. The SMILES string of the molecule is CC(C)(C)OC(=O)c1ccc(-c2nc(CO)cs2)cc1. The van der Waals surface area contributed by atoms with E-state index in [4.69, 9.17) is 9.84 Å². The minimum Gasteiger partial charge on any atom is -0.456 e. The molecule has 1 heterocycles. The van der Waals surface area contributed by atoms with Gasteiger partial charge in [0, 0.05) is 10.9 Å². The van der Waals surface area contributed by atoms with E-state index in [0.717, 1.165) is 10.6 Å². The molecule has 2 aromatic rings. The maximum absolute atomic E-state index is 11.9. The van der Waals surface area contributed by atoms with Crippen molar-refractivity contribution in [3.05, 3.63) is 40.9 Å². The Bertz CT molecular complexity index is 596. The van der Waals surface area contributed by atoms with Crippen LogP contribution in [0.3, 0.4) is 0 Å². The lowest BCUT2D eigenvalue weighted by Gasteiger charge is -2.19. The molecule has 0 amide bonds. The zero-order valence-electron chi connectivity index (χ0n) is 11.7. The zero-order chi connectivity index (χ0) is 14.8. The molecule has 0 fully saturated rings. The third-order valence-electron chi connectivity index (χ3n) is 2.48. The van der Waals surface area contributed by atoms with Crippen LogP contribution in [0.4, 0.5) is 0 Å². The summed E-state index contributed by atoms with van der Waals surface area (Å²) >= 11 is 1.46. The first kappa shape index (κ1) is 14.7. The van der Waals surface area contributed by atoms with Crippen molar-refractivity contribution < 1.29 is 14.6 Å². The molecule has 0 aliphatic carbocycles. The van der Waals surface area contributed by atoms with Gasteiger partial charge in [-0.3, -0.25) is 0 Å². The minimum atomic E-state index is -0.499. The number of hydrogen-bond acceptors (Lipinski definition) is 5. The van der Waals surface area contributed by atoms with E-state index < -0.39 is 5.60 Å². The summed E-state index contributed by atoms with van der Waals surface area (Å²) in [6.45, 7) is 5.45. The van der Waals surface area contributed by atoms with E-state index in [2.05, 4.69) is 4.98 Å². The van der Waals surface area contributed by atoms with Crippen LogP contribution in [0.1, 0.15) is 36.8 Å². The monoisotopic (exact) mass is 291 g/mol. The van der Waals surface area contributed by atoms with E-state index in [1.165, 1.54) is 11.3 Å². The molecule has 1 aromatic carbocycles. The van der Waals surface area contributed by atoms with Gasteiger partial charge in [-0.2, -0.15) is 0 Å². The van der Waals surface area contributed by atoms with Crippen molar-refractivity contribution in [2.24, 2.45) is 0 Å². The molecule has 0 spiro atoms. The molecule has 0 aliphatic heterocycles. The summed E-state index contributed by atoms with van der Waals surface area (Å²) in [6.07, 6.45) is 0. The smallest absolute Gasteiger partial charge is 0.338 e. The number of nitrogens with zero attached hydrogens (tertiary/aromatic N) is 1. The number of aliphatic hydroxyl groups excluding tert-OH is 1. The van der Waals surface area contributed by atoms with E-state index >= 15 is 0 Å². The molecule has 0 bridgehead atoms. The first-order chi connectivity index (χ1) is 9.39. The molecule has 20 heavy (non-hydrogen) atoms. The highest BCUT2D eigenvalue weighted by Gasteiger charge is 2.17. The fourth-order valence-corrected chi connectivity index (χ4v) is 2.42. The van der Waals surface area contributed by atoms with Crippen LogP contribution in [-0.2, 0) is 11.3 Å². The predicted octanol–water partition coefficient (Wildman–Crippen LogP) is 3.26. The van der Waals surface area contributed by atoms with Crippen LogP contribution in [-0.4, -0.2) is 21.7 Å². The van der Waals surface area contributed by atoms with E-state index in [9.17, 15) is 4.79 Å². The number of ether oxygens (including phenoxy) is 1. The topological polar surface area (TPSA) is 59.4 Å². The summed E-state index contributed by atoms with van der Waals surface area (Å²) in [6, 6.07) is 7.12. The summed E-state index contributed by atoms with van der Waals surface area (Å²) in [4.78, 5) is 16.2. The van der Waals surface area contributed by atoms with Crippen LogP contribution >= 0.6 is 11.3 Å². The third kappa shape index (κ3) is 3.65. The Morgan fingerprint density at radius 1 is 1.30 bits per heavy atom. The van der Waals surface area contributed by atoms with Crippen molar-refractivity contribution in [2.75, 3.05) is 0 Å². The van der Waals surface area contributed by atoms with Crippen LogP contribution in [0.15, 0.2) is 29.6 Å². The van der Waals surface area contributed by atoms with Crippen molar-refractivity contribution in [2.45, 2.75) is 33.0 Å². The fraction of sp³-hybridized carbons (Fsp3) is 0.333. The van der Waals surface area contributed by atoms with Gasteiger partial charge >= 0.3 is 5.97 Å².